The fourth-order valence-electron chi connectivity index (χ4n) is 9.35. The Hall–Kier alpha value is -6.58. The molecule has 0 unspecified atom stereocenters. The van der Waals surface area contributed by atoms with Crippen LogP contribution in [0.2, 0.25) is 0 Å². The molecule has 1 spiro atoms. The van der Waals surface area contributed by atoms with Crippen molar-refractivity contribution in [2.24, 2.45) is 0 Å². The molecule has 12 rings (SSSR count). The van der Waals surface area contributed by atoms with Crippen LogP contribution in [0.15, 0.2) is 156 Å². The van der Waals surface area contributed by atoms with Gasteiger partial charge >= 0.3 is 0 Å². The molecule has 0 atom stereocenters. The number of rotatable bonds is 2. The third-order valence-electron chi connectivity index (χ3n) is 11.6. The predicted octanol–water partition coefficient (Wildman–Crippen LogP) is 13.0. The fraction of sp³-hybridized carbons (Fsp3) is 0.0612. The largest absolute Gasteiger partial charge is 0.460 e. The summed E-state index contributed by atoms with van der Waals surface area (Å²) in [6.07, 6.45) is 6.46. The van der Waals surface area contributed by atoms with E-state index in [4.69, 9.17) is 13.9 Å². The minimum absolute atomic E-state index is 0.514. The second kappa shape index (κ2) is 10.2. The van der Waals surface area contributed by atoms with Gasteiger partial charge in [0.15, 0.2) is 23.0 Å². The Labute approximate surface area is 301 Å². The van der Waals surface area contributed by atoms with E-state index >= 15 is 0 Å². The smallest absolute Gasteiger partial charge is 0.170 e. The molecular formula is C49H30O3. The molecule has 0 N–H and O–H groups in total. The first kappa shape index (κ1) is 28.2. The van der Waals surface area contributed by atoms with Gasteiger partial charge in [-0.3, -0.25) is 0 Å². The van der Waals surface area contributed by atoms with Gasteiger partial charge < -0.3 is 13.9 Å². The van der Waals surface area contributed by atoms with Gasteiger partial charge in [0.25, 0.3) is 0 Å². The Morgan fingerprint density at radius 2 is 1.06 bits per heavy atom. The Kier molecular flexibility index (Phi) is 5.55. The molecule has 8 aromatic rings. The van der Waals surface area contributed by atoms with Gasteiger partial charge in [-0.2, -0.15) is 0 Å². The van der Waals surface area contributed by atoms with Crippen LogP contribution in [0.25, 0.3) is 61.6 Å². The summed E-state index contributed by atoms with van der Waals surface area (Å²) in [7, 11) is 0. The molecule has 4 aliphatic rings. The van der Waals surface area contributed by atoms with Crippen LogP contribution in [-0.4, -0.2) is 0 Å². The number of hydrogen-bond donors (Lipinski definition) is 0. The molecule has 3 nitrogen and oxygen atoms in total. The maximum atomic E-state index is 6.55. The van der Waals surface area contributed by atoms with Crippen molar-refractivity contribution in [1.29, 1.82) is 0 Å². The van der Waals surface area contributed by atoms with E-state index in [1.54, 1.807) is 0 Å². The third kappa shape index (κ3) is 3.69. The molecule has 0 saturated heterocycles. The molecular weight excluding hydrogens is 637 g/mol. The number of para-hydroxylation sites is 2. The lowest BCUT2D eigenvalue weighted by atomic mass is 9.70. The van der Waals surface area contributed by atoms with Crippen LogP contribution in [0.3, 0.4) is 0 Å². The minimum Gasteiger partial charge on any atom is -0.460 e. The zero-order valence-electron chi connectivity index (χ0n) is 28.2. The predicted molar refractivity (Wildman–Crippen MR) is 207 cm³/mol. The Morgan fingerprint density at radius 3 is 1.83 bits per heavy atom. The highest BCUT2D eigenvalue weighted by atomic mass is 16.6. The Morgan fingerprint density at radius 1 is 0.442 bits per heavy atom. The summed E-state index contributed by atoms with van der Waals surface area (Å²) in [6.45, 7) is 0. The van der Waals surface area contributed by atoms with E-state index in [1.807, 2.05) is 24.3 Å². The summed E-state index contributed by atoms with van der Waals surface area (Å²) in [4.78, 5) is 0. The van der Waals surface area contributed by atoms with Crippen LogP contribution in [0, 0.1) is 0 Å². The van der Waals surface area contributed by atoms with Crippen molar-refractivity contribution in [3.05, 3.63) is 185 Å². The van der Waals surface area contributed by atoms with E-state index in [0.717, 1.165) is 47.2 Å². The van der Waals surface area contributed by atoms with Crippen LogP contribution in [0.1, 0.15) is 40.0 Å². The SMILES string of the molecule is C1=Cc2c(oc3ccc(-c4cccc(-c5ccc6c(c5)C5(c7ccccc7-c7ccccc75)c5cc7c(cc5-6)Oc5ccccc5O7)c4)cc23)CC1. The fourth-order valence-corrected chi connectivity index (χ4v) is 9.35. The number of allylic oxidation sites excluding steroid dienone is 1. The van der Waals surface area contributed by atoms with Crippen LogP contribution in [-0.2, 0) is 11.8 Å². The molecule has 244 valence electrons. The van der Waals surface area contributed by atoms with Crippen LogP contribution < -0.4 is 9.47 Å². The molecule has 3 heteroatoms. The Bertz CT molecular complexity index is 2820. The molecule has 0 bridgehead atoms. The monoisotopic (exact) mass is 666 g/mol. The normalized spacial score (nSPS) is 14.8. The van der Waals surface area contributed by atoms with Crippen molar-refractivity contribution in [3.63, 3.8) is 0 Å². The second-order valence-corrected chi connectivity index (χ2v) is 14.3. The zero-order chi connectivity index (χ0) is 34.0. The van der Waals surface area contributed by atoms with Crippen molar-refractivity contribution >= 4 is 17.0 Å². The standard InChI is InChI=1S/C49H30O3/c1-4-15-39-33(12-1)34-13-2-5-16-40(34)49(39)41-26-32(20-22-35(41)37-27-47-48(28-42(37)49)52-46-19-8-7-18-45(46)51-47)30-11-9-10-29(24-30)31-21-23-44-38(25-31)36-14-3-6-17-43(36)50-44/h1-5,7-16,18-28H,6,17H2. The Balaban J connectivity index is 1.06. The quantitative estimate of drug-likeness (QED) is 0.184. The molecule has 7 aromatic carbocycles. The summed E-state index contributed by atoms with van der Waals surface area (Å²) in [5, 5.41) is 1.18. The molecule has 0 fully saturated rings. The minimum atomic E-state index is -0.514. The van der Waals surface area contributed by atoms with Gasteiger partial charge in [-0.25, -0.2) is 0 Å². The lowest BCUT2D eigenvalue weighted by Crippen LogP contribution is -2.26. The van der Waals surface area contributed by atoms with Gasteiger partial charge in [0.05, 0.1) is 5.41 Å². The number of hydrogen-bond acceptors (Lipinski definition) is 3. The molecule has 3 aliphatic carbocycles. The van der Waals surface area contributed by atoms with Crippen LogP contribution in [0.4, 0.5) is 0 Å². The van der Waals surface area contributed by atoms with Crippen molar-refractivity contribution < 1.29 is 13.9 Å². The summed E-state index contributed by atoms with van der Waals surface area (Å²) in [5.74, 6) is 4.04. The number of aryl methyl sites for hydroxylation is 1. The van der Waals surface area contributed by atoms with E-state index < -0.39 is 5.41 Å². The van der Waals surface area contributed by atoms with E-state index in [-0.39, 0.29) is 0 Å². The summed E-state index contributed by atoms with van der Waals surface area (Å²) < 4.78 is 19.2. The number of furan rings is 1. The zero-order valence-corrected chi connectivity index (χ0v) is 28.2. The maximum absolute atomic E-state index is 6.55. The number of fused-ring (bicyclic) bond motifs is 15. The molecule has 52 heavy (non-hydrogen) atoms. The van der Waals surface area contributed by atoms with Crippen molar-refractivity contribution in [2.45, 2.75) is 18.3 Å². The molecule has 0 saturated carbocycles. The molecule has 1 aliphatic heterocycles. The highest BCUT2D eigenvalue weighted by Crippen LogP contribution is 2.65. The van der Waals surface area contributed by atoms with Gasteiger partial charge in [-0.1, -0.05) is 109 Å². The summed E-state index contributed by atoms with van der Waals surface area (Å²) >= 11 is 0. The first-order valence-corrected chi connectivity index (χ1v) is 18.0. The topological polar surface area (TPSA) is 31.6 Å². The second-order valence-electron chi connectivity index (χ2n) is 14.3. The van der Waals surface area contributed by atoms with Crippen molar-refractivity contribution in [1.82, 2.24) is 0 Å². The van der Waals surface area contributed by atoms with E-state index in [1.165, 1.54) is 77.7 Å². The molecule has 1 aromatic heterocycles. The number of ether oxygens (including phenoxy) is 2. The third-order valence-corrected chi connectivity index (χ3v) is 11.6. The van der Waals surface area contributed by atoms with E-state index in [9.17, 15) is 0 Å². The first-order valence-electron chi connectivity index (χ1n) is 18.0. The van der Waals surface area contributed by atoms with Gasteiger partial charge in [0, 0.05) is 17.4 Å². The summed E-state index contributed by atoms with van der Waals surface area (Å²) in [5.41, 5.74) is 16.4. The molecule has 0 radical (unpaired) electrons. The van der Waals surface area contributed by atoms with E-state index in [2.05, 4.69) is 133 Å². The van der Waals surface area contributed by atoms with Gasteiger partial charge in [0.1, 0.15) is 11.3 Å². The average molecular weight is 667 g/mol. The van der Waals surface area contributed by atoms with Crippen molar-refractivity contribution in [3.8, 4) is 67.5 Å². The van der Waals surface area contributed by atoms with Gasteiger partial charge in [0.2, 0.25) is 0 Å². The highest BCUT2D eigenvalue weighted by molar-refractivity contribution is 5.97. The maximum Gasteiger partial charge on any atom is 0.170 e. The lowest BCUT2D eigenvalue weighted by molar-refractivity contribution is 0.359. The lowest BCUT2D eigenvalue weighted by Gasteiger charge is -2.31. The molecule has 2 heterocycles. The van der Waals surface area contributed by atoms with E-state index in [0.29, 0.717) is 0 Å². The van der Waals surface area contributed by atoms with Crippen LogP contribution >= 0.6 is 0 Å². The molecule has 0 amide bonds. The average Bonchev–Trinajstić information content (AvgIpc) is 3.82. The van der Waals surface area contributed by atoms with Gasteiger partial charge in [-0.15, -0.1) is 0 Å². The van der Waals surface area contributed by atoms with Crippen molar-refractivity contribution in [2.75, 3.05) is 0 Å². The number of benzene rings is 7. The van der Waals surface area contributed by atoms with Gasteiger partial charge in [-0.05, 0) is 122 Å². The first-order chi connectivity index (χ1) is 25.7. The van der Waals surface area contributed by atoms with Crippen LogP contribution in [0.5, 0.6) is 23.0 Å². The summed E-state index contributed by atoms with van der Waals surface area (Å²) in [6, 6.07) is 52.7. The highest BCUT2D eigenvalue weighted by Gasteiger charge is 2.52.